The molecule has 0 aliphatic rings. The highest BCUT2D eigenvalue weighted by Gasteiger charge is 2.09. The van der Waals surface area contributed by atoms with Crippen molar-refractivity contribution in [1.82, 2.24) is 0 Å². The number of nitrogen functional groups attached to an aromatic ring is 1. The minimum Gasteiger partial charge on any atom is -0.399 e. The summed E-state index contributed by atoms with van der Waals surface area (Å²) in [6.45, 7) is 2.15. The number of benzene rings is 2. The number of carbonyl (C=O) groups excluding carboxylic acids is 2. The largest absolute Gasteiger partial charge is 0.399 e. The van der Waals surface area contributed by atoms with E-state index in [1.807, 2.05) is 18.2 Å². The van der Waals surface area contributed by atoms with Crippen LogP contribution in [0.2, 0.25) is 0 Å². The first-order valence-corrected chi connectivity index (χ1v) is 10.4. The first kappa shape index (κ1) is 21.7. The topological polar surface area (TPSA) is 72.2 Å². The van der Waals surface area contributed by atoms with Gasteiger partial charge in [0.25, 0.3) is 5.91 Å². The minimum atomic E-state index is -0.134. The fourth-order valence-corrected chi connectivity index (χ4v) is 3.20. The van der Waals surface area contributed by atoms with Crippen LogP contribution in [0.25, 0.3) is 0 Å². The summed E-state index contributed by atoms with van der Waals surface area (Å²) in [5, 5.41) is 3.00. The van der Waals surface area contributed by atoms with Crippen molar-refractivity contribution in [3.05, 3.63) is 59.7 Å². The molecule has 4 nitrogen and oxygen atoms in total. The van der Waals surface area contributed by atoms with Crippen molar-refractivity contribution in [1.29, 1.82) is 0 Å². The van der Waals surface area contributed by atoms with Crippen LogP contribution in [0.15, 0.2) is 48.5 Å². The number of para-hydroxylation sites is 1. The standard InChI is InChI=1S/C24H32N2O2/c1-2-3-5-12-22(27)13-7-4-6-10-19-11-8-9-14-23(19)26-24(28)20-15-17-21(25)18-16-20/h8-9,11,14-18H,2-7,10,12-13,25H2,1H3,(H,26,28). The lowest BCUT2D eigenvalue weighted by Crippen LogP contribution is -2.13. The number of amides is 1. The van der Waals surface area contributed by atoms with Crippen molar-refractivity contribution in [3.63, 3.8) is 0 Å². The van der Waals surface area contributed by atoms with Crippen LogP contribution in [0.4, 0.5) is 11.4 Å². The maximum absolute atomic E-state index is 12.4. The molecule has 28 heavy (non-hydrogen) atoms. The van der Waals surface area contributed by atoms with Gasteiger partial charge in [0.1, 0.15) is 5.78 Å². The van der Waals surface area contributed by atoms with E-state index in [0.29, 0.717) is 23.5 Å². The summed E-state index contributed by atoms with van der Waals surface area (Å²) in [5.41, 5.74) is 8.88. The molecule has 0 aliphatic heterocycles. The number of aryl methyl sites for hydroxylation is 1. The first-order chi connectivity index (χ1) is 13.6. The molecule has 2 aromatic rings. The minimum absolute atomic E-state index is 0.134. The van der Waals surface area contributed by atoms with Gasteiger partial charge in [0.2, 0.25) is 0 Å². The third kappa shape index (κ3) is 7.55. The predicted molar refractivity (Wildman–Crippen MR) is 117 cm³/mol. The van der Waals surface area contributed by atoms with Crippen LogP contribution in [0.1, 0.15) is 74.2 Å². The Hall–Kier alpha value is -2.62. The van der Waals surface area contributed by atoms with E-state index in [4.69, 9.17) is 5.73 Å². The van der Waals surface area contributed by atoms with Crippen LogP contribution in [0.5, 0.6) is 0 Å². The molecule has 0 saturated heterocycles. The molecule has 4 heteroatoms. The van der Waals surface area contributed by atoms with Crippen molar-refractivity contribution in [3.8, 4) is 0 Å². The van der Waals surface area contributed by atoms with E-state index < -0.39 is 0 Å². The van der Waals surface area contributed by atoms with Gasteiger partial charge in [-0.15, -0.1) is 0 Å². The number of hydrogen-bond donors (Lipinski definition) is 2. The first-order valence-electron chi connectivity index (χ1n) is 10.4. The third-order valence-corrected chi connectivity index (χ3v) is 4.90. The molecule has 0 fully saturated rings. The average molecular weight is 381 g/mol. The molecule has 2 rings (SSSR count). The zero-order valence-electron chi connectivity index (χ0n) is 16.9. The van der Waals surface area contributed by atoms with Crippen molar-refractivity contribution >= 4 is 23.1 Å². The molecular formula is C24H32N2O2. The van der Waals surface area contributed by atoms with Crippen LogP contribution in [-0.2, 0) is 11.2 Å². The van der Waals surface area contributed by atoms with Crippen molar-refractivity contribution in [2.75, 3.05) is 11.1 Å². The highest BCUT2D eigenvalue weighted by molar-refractivity contribution is 6.04. The monoisotopic (exact) mass is 380 g/mol. The van der Waals surface area contributed by atoms with E-state index >= 15 is 0 Å². The molecule has 1 amide bonds. The molecule has 0 saturated carbocycles. The van der Waals surface area contributed by atoms with Gasteiger partial charge >= 0.3 is 0 Å². The van der Waals surface area contributed by atoms with Gasteiger partial charge in [0.15, 0.2) is 0 Å². The van der Waals surface area contributed by atoms with Crippen LogP contribution >= 0.6 is 0 Å². The lowest BCUT2D eigenvalue weighted by Gasteiger charge is -2.11. The summed E-state index contributed by atoms with van der Waals surface area (Å²) in [7, 11) is 0. The summed E-state index contributed by atoms with van der Waals surface area (Å²) in [4.78, 5) is 24.3. The molecule has 0 unspecified atom stereocenters. The molecule has 0 bridgehead atoms. The van der Waals surface area contributed by atoms with E-state index in [2.05, 4.69) is 18.3 Å². The third-order valence-electron chi connectivity index (χ3n) is 4.90. The molecule has 0 aliphatic carbocycles. The Bertz CT molecular complexity index is 753. The van der Waals surface area contributed by atoms with Gasteiger partial charge in [-0.05, 0) is 61.6 Å². The van der Waals surface area contributed by atoms with Gasteiger partial charge in [-0.25, -0.2) is 0 Å². The predicted octanol–water partition coefficient (Wildman–Crippen LogP) is 5.77. The smallest absolute Gasteiger partial charge is 0.255 e. The molecule has 0 aromatic heterocycles. The number of rotatable bonds is 12. The number of unbranched alkanes of at least 4 members (excludes halogenated alkanes) is 4. The second-order valence-corrected chi connectivity index (χ2v) is 7.29. The number of Topliss-reactive ketones (excluding diaryl/α,β-unsaturated/α-hetero) is 1. The molecule has 0 heterocycles. The highest BCUT2D eigenvalue weighted by atomic mass is 16.1. The maximum atomic E-state index is 12.4. The summed E-state index contributed by atoms with van der Waals surface area (Å²) in [5.74, 6) is 0.259. The number of carbonyl (C=O) groups is 2. The van der Waals surface area contributed by atoms with Crippen molar-refractivity contribution in [2.24, 2.45) is 0 Å². The van der Waals surface area contributed by atoms with E-state index in [0.717, 1.165) is 62.6 Å². The Morgan fingerprint density at radius 3 is 2.25 bits per heavy atom. The molecule has 3 N–H and O–H groups in total. The normalized spacial score (nSPS) is 10.6. The van der Waals surface area contributed by atoms with Crippen LogP contribution in [0, 0.1) is 0 Å². The summed E-state index contributed by atoms with van der Waals surface area (Å²) in [6, 6.07) is 14.8. The van der Waals surface area contributed by atoms with Crippen LogP contribution in [0.3, 0.4) is 0 Å². The lowest BCUT2D eigenvalue weighted by atomic mass is 10.0. The van der Waals surface area contributed by atoms with Crippen LogP contribution < -0.4 is 11.1 Å². The Balaban J connectivity index is 1.78. The Kier molecular flexibility index (Phi) is 9.26. The van der Waals surface area contributed by atoms with E-state index in [1.54, 1.807) is 24.3 Å². The molecular weight excluding hydrogens is 348 g/mol. The molecule has 2 aromatic carbocycles. The van der Waals surface area contributed by atoms with Gasteiger partial charge in [-0.1, -0.05) is 44.4 Å². The van der Waals surface area contributed by atoms with Gasteiger partial charge < -0.3 is 11.1 Å². The summed E-state index contributed by atoms with van der Waals surface area (Å²) < 4.78 is 0. The second kappa shape index (κ2) is 12.0. The molecule has 0 radical (unpaired) electrons. The lowest BCUT2D eigenvalue weighted by molar-refractivity contribution is -0.119. The Morgan fingerprint density at radius 1 is 0.857 bits per heavy atom. The van der Waals surface area contributed by atoms with Gasteiger partial charge in [-0.2, -0.15) is 0 Å². The maximum Gasteiger partial charge on any atom is 0.255 e. The van der Waals surface area contributed by atoms with Gasteiger partial charge in [0, 0.05) is 29.8 Å². The average Bonchev–Trinajstić information content (AvgIpc) is 2.69. The number of nitrogens with one attached hydrogen (secondary N) is 1. The molecule has 0 atom stereocenters. The van der Waals surface area contributed by atoms with Crippen molar-refractivity contribution < 1.29 is 9.59 Å². The number of hydrogen-bond acceptors (Lipinski definition) is 3. The van der Waals surface area contributed by atoms with E-state index in [-0.39, 0.29) is 5.91 Å². The number of nitrogens with two attached hydrogens (primary N) is 1. The number of anilines is 2. The molecule has 150 valence electrons. The summed E-state index contributed by atoms with van der Waals surface area (Å²) in [6.07, 6.45) is 8.62. The fourth-order valence-electron chi connectivity index (χ4n) is 3.20. The zero-order valence-corrected chi connectivity index (χ0v) is 16.9. The van der Waals surface area contributed by atoms with E-state index in [1.165, 1.54) is 0 Å². The zero-order chi connectivity index (χ0) is 20.2. The SMILES string of the molecule is CCCCCC(=O)CCCCCc1ccccc1NC(=O)c1ccc(N)cc1. The highest BCUT2D eigenvalue weighted by Crippen LogP contribution is 2.20. The fraction of sp³-hybridized carbons (Fsp3) is 0.417. The van der Waals surface area contributed by atoms with Gasteiger partial charge in [0.05, 0.1) is 0 Å². The van der Waals surface area contributed by atoms with E-state index in [9.17, 15) is 9.59 Å². The van der Waals surface area contributed by atoms with Gasteiger partial charge in [-0.3, -0.25) is 9.59 Å². The van der Waals surface area contributed by atoms with Crippen molar-refractivity contribution in [2.45, 2.75) is 64.7 Å². The number of ketones is 1. The van der Waals surface area contributed by atoms with Crippen LogP contribution in [-0.4, -0.2) is 11.7 Å². The summed E-state index contributed by atoms with van der Waals surface area (Å²) >= 11 is 0. The Morgan fingerprint density at radius 2 is 1.54 bits per heavy atom. The molecule has 0 spiro atoms. The second-order valence-electron chi connectivity index (χ2n) is 7.29. The Labute approximate surface area is 168 Å². The quantitative estimate of drug-likeness (QED) is 0.362.